The van der Waals surface area contributed by atoms with E-state index in [4.69, 9.17) is 28.4 Å². The van der Waals surface area contributed by atoms with Gasteiger partial charge in [0.05, 0.1) is 13.2 Å². The fourth-order valence-electron chi connectivity index (χ4n) is 3.86. The van der Waals surface area contributed by atoms with E-state index in [1.807, 2.05) is 60.7 Å². The number of carbonyl (C=O) groups is 2. The van der Waals surface area contributed by atoms with E-state index in [1.54, 1.807) is 0 Å². The molecule has 2 heterocycles. The number of ether oxygens (including phenoxy) is 6. The third kappa shape index (κ3) is 5.34. The zero-order valence-electron chi connectivity index (χ0n) is 17.9. The summed E-state index contributed by atoms with van der Waals surface area (Å²) in [6.07, 6.45) is -4.85. The summed E-state index contributed by atoms with van der Waals surface area (Å²) in [5, 5.41) is 0. The molecule has 4 rings (SSSR count). The van der Waals surface area contributed by atoms with Crippen molar-refractivity contribution < 1.29 is 38.0 Å². The van der Waals surface area contributed by atoms with Gasteiger partial charge >= 0.3 is 11.9 Å². The van der Waals surface area contributed by atoms with Crippen LogP contribution in [0, 0.1) is 0 Å². The molecular weight excluding hydrogens is 416 g/mol. The highest BCUT2D eigenvalue weighted by Crippen LogP contribution is 2.37. The van der Waals surface area contributed by atoms with Gasteiger partial charge in [0, 0.05) is 19.4 Å². The molecule has 0 N–H and O–H groups in total. The molecule has 0 amide bonds. The van der Waals surface area contributed by atoms with E-state index in [2.05, 4.69) is 0 Å². The lowest BCUT2D eigenvalue weighted by Gasteiger charge is -2.48. The molecule has 2 aliphatic heterocycles. The maximum Gasteiger partial charge on any atom is 0.303 e. The smallest absolute Gasteiger partial charge is 0.303 e. The Morgan fingerprint density at radius 1 is 0.875 bits per heavy atom. The van der Waals surface area contributed by atoms with Crippen LogP contribution in [0.25, 0.3) is 0 Å². The average molecular weight is 442 g/mol. The van der Waals surface area contributed by atoms with Gasteiger partial charge in [-0.1, -0.05) is 60.7 Å². The lowest BCUT2D eigenvalue weighted by molar-refractivity contribution is -0.363. The summed E-state index contributed by atoms with van der Waals surface area (Å²) < 4.78 is 35.1. The second kappa shape index (κ2) is 10.2. The van der Waals surface area contributed by atoms with Crippen molar-refractivity contribution in [3.8, 4) is 0 Å². The number of esters is 2. The lowest BCUT2D eigenvalue weighted by Crippen LogP contribution is -2.64. The summed E-state index contributed by atoms with van der Waals surface area (Å²) >= 11 is 0. The fraction of sp³-hybridized carbons (Fsp3) is 0.417. The maximum absolute atomic E-state index is 11.9. The first-order chi connectivity index (χ1) is 15.5. The highest BCUT2D eigenvalue weighted by molar-refractivity contribution is 5.67. The number of hydrogen-bond donors (Lipinski definition) is 0. The van der Waals surface area contributed by atoms with Gasteiger partial charge in [-0.25, -0.2) is 0 Å². The zero-order chi connectivity index (χ0) is 22.5. The van der Waals surface area contributed by atoms with Crippen molar-refractivity contribution in [1.82, 2.24) is 0 Å². The summed E-state index contributed by atoms with van der Waals surface area (Å²) in [5.41, 5.74) is 1.74. The molecule has 0 saturated carbocycles. The van der Waals surface area contributed by atoms with Crippen LogP contribution in [0.3, 0.4) is 0 Å². The second-order valence-electron chi connectivity index (χ2n) is 7.66. The van der Waals surface area contributed by atoms with Crippen molar-refractivity contribution in [2.75, 3.05) is 6.61 Å². The van der Waals surface area contributed by atoms with Crippen LogP contribution in [0.2, 0.25) is 0 Å². The van der Waals surface area contributed by atoms with E-state index in [1.165, 1.54) is 13.8 Å². The van der Waals surface area contributed by atoms with E-state index in [0.29, 0.717) is 0 Å². The standard InChI is InChI=1S/C24H26O8/c1-15(25)29-21-20-19(14-28-23(32-20)18-11-7-4-8-12-18)31-24(22(21)30-16(2)26)27-13-17-9-5-3-6-10-17/h3-12,19-24H,13-14H2,1-2H3/t19-,20-,21-,22-,23+,24+/m1/s1. The largest absolute Gasteiger partial charge is 0.455 e. The number of fused-ring (bicyclic) bond motifs is 1. The Labute approximate surface area is 186 Å². The monoisotopic (exact) mass is 442 g/mol. The van der Waals surface area contributed by atoms with Crippen molar-refractivity contribution in [2.45, 2.75) is 57.5 Å². The van der Waals surface area contributed by atoms with Crippen molar-refractivity contribution in [2.24, 2.45) is 0 Å². The molecule has 2 fully saturated rings. The van der Waals surface area contributed by atoms with E-state index >= 15 is 0 Å². The van der Waals surface area contributed by atoms with E-state index in [0.717, 1.165) is 11.1 Å². The Kier molecular flexibility index (Phi) is 7.16. The van der Waals surface area contributed by atoms with Crippen molar-refractivity contribution in [3.63, 3.8) is 0 Å². The Morgan fingerprint density at radius 2 is 1.50 bits per heavy atom. The highest BCUT2D eigenvalue weighted by Gasteiger charge is 2.53. The van der Waals surface area contributed by atoms with E-state index < -0.39 is 48.9 Å². The first-order valence-electron chi connectivity index (χ1n) is 10.5. The Hall–Kier alpha value is -2.78. The molecule has 6 atom stereocenters. The zero-order valence-corrected chi connectivity index (χ0v) is 17.9. The fourth-order valence-corrected chi connectivity index (χ4v) is 3.86. The van der Waals surface area contributed by atoms with Crippen LogP contribution in [0.4, 0.5) is 0 Å². The minimum Gasteiger partial charge on any atom is -0.455 e. The van der Waals surface area contributed by atoms with Crippen LogP contribution >= 0.6 is 0 Å². The normalized spacial score (nSPS) is 29.6. The van der Waals surface area contributed by atoms with E-state index in [9.17, 15) is 9.59 Å². The predicted octanol–water partition coefficient (Wildman–Crippen LogP) is 2.91. The van der Waals surface area contributed by atoms with Crippen molar-refractivity contribution >= 4 is 11.9 Å². The van der Waals surface area contributed by atoms with Gasteiger partial charge in [0.1, 0.15) is 12.2 Å². The van der Waals surface area contributed by atoms with Gasteiger partial charge in [0.25, 0.3) is 0 Å². The Bertz CT molecular complexity index is 903. The molecule has 2 aliphatic rings. The van der Waals surface area contributed by atoms with Crippen molar-refractivity contribution in [1.29, 1.82) is 0 Å². The van der Waals surface area contributed by atoms with Gasteiger partial charge in [0.2, 0.25) is 0 Å². The highest BCUT2D eigenvalue weighted by atomic mass is 16.8. The molecule has 0 unspecified atom stereocenters. The van der Waals surface area contributed by atoms with Crippen LogP contribution in [-0.2, 0) is 44.6 Å². The molecule has 8 heteroatoms. The summed E-state index contributed by atoms with van der Waals surface area (Å²) in [6.45, 7) is 2.99. The summed E-state index contributed by atoms with van der Waals surface area (Å²) in [7, 11) is 0. The molecule has 0 aliphatic carbocycles. The molecule has 2 aromatic carbocycles. The molecule has 0 aromatic heterocycles. The molecule has 170 valence electrons. The molecular formula is C24H26O8. The first-order valence-corrected chi connectivity index (χ1v) is 10.5. The van der Waals surface area contributed by atoms with Gasteiger partial charge < -0.3 is 28.4 Å². The van der Waals surface area contributed by atoms with E-state index in [-0.39, 0.29) is 13.2 Å². The molecule has 2 aromatic rings. The summed E-state index contributed by atoms with van der Waals surface area (Å²) in [5.74, 6) is -1.07. The van der Waals surface area contributed by atoms with Crippen LogP contribution in [0.15, 0.2) is 60.7 Å². The molecule has 2 saturated heterocycles. The molecule has 0 spiro atoms. The SMILES string of the molecule is CC(=O)O[C@H]1[C@@H](OC(C)=O)[C@@H](OCc2ccccc2)O[C@@H]2CO[C@H](c3ccccc3)O[C@@H]12. The quantitative estimate of drug-likeness (QED) is 0.631. The van der Waals surface area contributed by atoms with Crippen LogP contribution in [0.1, 0.15) is 31.3 Å². The number of carbonyl (C=O) groups excluding carboxylic acids is 2. The minimum absolute atomic E-state index is 0.194. The van der Waals surface area contributed by atoms with Gasteiger partial charge in [-0.3, -0.25) is 9.59 Å². The van der Waals surface area contributed by atoms with Gasteiger partial charge in [-0.2, -0.15) is 0 Å². The average Bonchev–Trinajstić information content (AvgIpc) is 2.80. The van der Waals surface area contributed by atoms with Gasteiger partial charge in [-0.05, 0) is 5.56 Å². The van der Waals surface area contributed by atoms with Gasteiger partial charge in [0.15, 0.2) is 24.8 Å². The Balaban J connectivity index is 1.57. The maximum atomic E-state index is 11.9. The topological polar surface area (TPSA) is 89.5 Å². The number of hydrogen-bond acceptors (Lipinski definition) is 8. The van der Waals surface area contributed by atoms with Crippen LogP contribution in [0.5, 0.6) is 0 Å². The second-order valence-corrected chi connectivity index (χ2v) is 7.66. The predicted molar refractivity (Wildman–Crippen MR) is 111 cm³/mol. The van der Waals surface area contributed by atoms with Crippen LogP contribution in [-0.4, -0.2) is 49.3 Å². The summed E-state index contributed by atoms with van der Waals surface area (Å²) in [6, 6.07) is 18.9. The molecule has 32 heavy (non-hydrogen) atoms. The lowest BCUT2D eigenvalue weighted by atomic mass is 9.97. The minimum atomic E-state index is -1.00. The third-order valence-corrected chi connectivity index (χ3v) is 5.22. The van der Waals surface area contributed by atoms with Gasteiger partial charge in [-0.15, -0.1) is 0 Å². The first kappa shape index (κ1) is 22.4. The third-order valence-electron chi connectivity index (χ3n) is 5.22. The number of rotatable bonds is 6. The van der Waals surface area contributed by atoms with Crippen molar-refractivity contribution in [3.05, 3.63) is 71.8 Å². The number of benzene rings is 2. The summed E-state index contributed by atoms with van der Waals surface area (Å²) in [4.78, 5) is 23.8. The van der Waals surface area contributed by atoms with Crippen LogP contribution < -0.4 is 0 Å². The Morgan fingerprint density at radius 3 is 2.16 bits per heavy atom. The molecule has 0 radical (unpaired) electrons. The molecule has 8 nitrogen and oxygen atoms in total. The molecule has 0 bridgehead atoms.